The van der Waals surface area contributed by atoms with E-state index in [-0.39, 0.29) is 47.9 Å². The molecule has 1 heterocycles. The number of alkyl carbamates (subject to hydrolysis) is 1. The van der Waals surface area contributed by atoms with Crippen molar-refractivity contribution in [2.24, 2.45) is 0 Å². The molecule has 1 aliphatic heterocycles. The molecular formula is C51H75N7O9. The molecule has 0 fully saturated rings. The van der Waals surface area contributed by atoms with E-state index >= 15 is 0 Å². The fourth-order valence-electron chi connectivity index (χ4n) is 7.59. The molecule has 4 bridgehead atoms. The highest BCUT2D eigenvalue weighted by atomic mass is 16.6. The van der Waals surface area contributed by atoms with Crippen molar-refractivity contribution in [3.05, 3.63) is 100 Å². The Morgan fingerprint density at radius 3 is 1.84 bits per heavy atom. The lowest BCUT2D eigenvalue weighted by Gasteiger charge is -2.28. The van der Waals surface area contributed by atoms with Crippen molar-refractivity contribution < 1.29 is 42.9 Å². The van der Waals surface area contributed by atoms with Crippen LogP contribution in [-0.4, -0.2) is 143 Å². The molecule has 67 heavy (non-hydrogen) atoms. The van der Waals surface area contributed by atoms with E-state index in [1.54, 1.807) is 43.3 Å². The van der Waals surface area contributed by atoms with Crippen molar-refractivity contribution in [3.8, 4) is 5.75 Å². The number of fused-ring (bicyclic) bond motifs is 4. The van der Waals surface area contributed by atoms with E-state index in [0.29, 0.717) is 121 Å². The second-order valence-corrected chi connectivity index (χ2v) is 17.7. The van der Waals surface area contributed by atoms with Crippen LogP contribution in [-0.2, 0) is 20.8 Å². The molecular weight excluding hydrogens is 855 g/mol. The van der Waals surface area contributed by atoms with Gasteiger partial charge in [-0.25, -0.2) is 4.79 Å². The summed E-state index contributed by atoms with van der Waals surface area (Å²) in [4.78, 5) is 72.4. The Morgan fingerprint density at radius 1 is 0.672 bits per heavy atom. The molecule has 0 spiro atoms. The molecule has 16 nitrogen and oxygen atoms in total. The molecule has 1 aliphatic rings. The summed E-state index contributed by atoms with van der Waals surface area (Å²) in [6.45, 7) is 17.9. The van der Waals surface area contributed by atoms with Crippen molar-refractivity contribution in [2.45, 2.75) is 91.9 Å². The SMILES string of the molecule is CCCOCCOCCN1CCNC(=O)c2cccc(c2C)C(=O)NCCN(CCC)CC(CCCCNC(=O)OC(C)(C)C)NC(=O)c2cccc(c2OCc2ccccc2)C(=O)NCC1. The monoisotopic (exact) mass is 930 g/mol. The molecule has 5 N–H and O–H groups in total. The van der Waals surface area contributed by atoms with E-state index in [1.165, 1.54) is 0 Å². The minimum Gasteiger partial charge on any atom is -0.487 e. The van der Waals surface area contributed by atoms with E-state index in [0.717, 1.165) is 18.4 Å². The standard InChI is InChI=1S/C51H75N7O9/c1-7-27-58-30-26-53-47(60)42-20-14-19-41(38(42)3)46(59)52-24-28-57(31-33-65-35-34-64-32-8-2)29-25-54-48(61)43-21-15-22-44(45(43)66-37-39-16-10-9-11-17-39)49(62)56-40(36-58)18-12-13-23-55-50(63)67-51(4,5)6/h9-11,14-17,19-22,40H,7-8,12-13,18,23-37H2,1-6H3,(H,52,59)(H,53,60)(H,54,61)(H,55,63)(H,56,62). The topological polar surface area (TPSA) is 189 Å². The van der Waals surface area contributed by atoms with Crippen LogP contribution in [0.4, 0.5) is 4.79 Å². The first kappa shape index (κ1) is 54.1. The van der Waals surface area contributed by atoms with Gasteiger partial charge in [-0.1, -0.05) is 56.3 Å². The van der Waals surface area contributed by atoms with Gasteiger partial charge in [0.1, 0.15) is 18.0 Å². The van der Waals surface area contributed by atoms with Gasteiger partial charge in [0, 0.05) is 82.7 Å². The summed E-state index contributed by atoms with van der Waals surface area (Å²) < 4.78 is 23.2. The third kappa shape index (κ3) is 19.7. The van der Waals surface area contributed by atoms with Gasteiger partial charge in [-0.15, -0.1) is 0 Å². The molecule has 0 radical (unpaired) electrons. The number of ether oxygens (including phenoxy) is 4. The van der Waals surface area contributed by atoms with E-state index in [4.69, 9.17) is 18.9 Å². The first-order valence-corrected chi connectivity index (χ1v) is 23.9. The molecule has 0 aromatic heterocycles. The van der Waals surface area contributed by atoms with Crippen LogP contribution in [0.1, 0.15) is 119 Å². The van der Waals surface area contributed by atoms with Crippen LogP contribution in [0.5, 0.6) is 5.75 Å². The van der Waals surface area contributed by atoms with Crippen molar-refractivity contribution in [1.82, 2.24) is 36.4 Å². The fraction of sp³-hybridized carbons (Fsp3) is 0.549. The molecule has 1 unspecified atom stereocenters. The summed E-state index contributed by atoms with van der Waals surface area (Å²) in [5, 5.41) is 15.2. The molecule has 1 atom stereocenters. The van der Waals surface area contributed by atoms with Crippen LogP contribution in [0.3, 0.4) is 0 Å². The van der Waals surface area contributed by atoms with Gasteiger partial charge < -0.3 is 45.5 Å². The number of carbonyl (C=O) groups excluding carboxylic acids is 5. The lowest BCUT2D eigenvalue weighted by Crippen LogP contribution is -2.46. The number of carbonyl (C=O) groups is 5. The van der Waals surface area contributed by atoms with Crippen LogP contribution < -0.4 is 31.3 Å². The maximum absolute atomic E-state index is 14.5. The maximum atomic E-state index is 14.5. The van der Waals surface area contributed by atoms with E-state index in [2.05, 4.69) is 50.2 Å². The van der Waals surface area contributed by atoms with Gasteiger partial charge >= 0.3 is 6.09 Å². The highest BCUT2D eigenvalue weighted by molar-refractivity contribution is 6.04. The summed E-state index contributed by atoms with van der Waals surface area (Å²) in [6.07, 6.45) is 3.18. The molecule has 5 amide bonds. The van der Waals surface area contributed by atoms with Gasteiger partial charge in [-0.05, 0) is 102 Å². The first-order chi connectivity index (χ1) is 32.3. The molecule has 0 aliphatic carbocycles. The average molecular weight is 930 g/mol. The number of nitrogens with zero attached hydrogens (tertiary/aromatic N) is 2. The lowest BCUT2D eigenvalue weighted by atomic mass is 10.0. The van der Waals surface area contributed by atoms with Gasteiger partial charge in [-0.2, -0.15) is 0 Å². The minimum atomic E-state index is -0.615. The number of unbranched alkanes of at least 4 members (excludes halogenated alkanes) is 1. The minimum absolute atomic E-state index is 0.127. The van der Waals surface area contributed by atoms with Crippen LogP contribution in [0.2, 0.25) is 0 Å². The molecule has 3 aromatic carbocycles. The third-order valence-corrected chi connectivity index (χ3v) is 11.0. The second kappa shape index (κ2) is 29.3. The van der Waals surface area contributed by atoms with Crippen molar-refractivity contribution in [2.75, 3.05) is 91.9 Å². The highest BCUT2D eigenvalue weighted by Crippen LogP contribution is 2.26. The Bertz CT molecular complexity index is 2010. The third-order valence-electron chi connectivity index (χ3n) is 11.0. The Kier molecular flexibility index (Phi) is 23.6. The molecule has 16 heteroatoms. The average Bonchev–Trinajstić information content (AvgIpc) is 3.29. The molecule has 0 saturated carbocycles. The quantitative estimate of drug-likeness (QED) is 0.0981. The summed E-state index contributed by atoms with van der Waals surface area (Å²) in [5.74, 6) is -1.19. The molecule has 4 rings (SSSR count). The summed E-state index contributed by atoms with van der Waals surface area (Å²) >= 11 is 0. The van der Waals surface area contributed by atoms with Crippen molar-refractivity contribution >= 4 is 29.7 Å². The zero-order chi connectivity index (χ0) is 48.4. The van der Waals surface area contributed by atoms with Crippen LogP contribution in [0, 0.1) is 6.92 Å². The van der Waals surface area contributed by atoms with Crippen LogP contribution in [0.25, 0.3) is 0 Å². The summed E-state index contributed by atoms with van der Waals surface area (Å²) in [5.41, 5.74) is 2.10. The Hall–Kier alpha value is -5.55. The molecule has 0 saturated heterocycles. The van der Waals surface area contributed by atoms with Gasteiger partial charge in [0.25, 0.3) is 23.6 Å². The number of amides is 5. The first-order valence-electron chi connectivity index (χ1n) is 23.9. The zero-order valence-corrected chi connectivity index (χ0v) is 40.6. The number of hydrogen-bond donors (Lipinski definition) is 5. The smallest absolute Gasteiger partial charge is 0.407 e. The number of hydrogen-bond acceptors (Lipinski definition) is 11. The van der Waals surface area contributed by atoms with Gasteiger partial charge in [0.05, 0.1) is 30.9 Å². The van der Waals surface area contributed by atoms with E-state index in [1.807, 2.05) is 51.1 Å². The zero-order valence-electron chi connectivity index (χ0n) is 40.6. The maximum Gasteiger partial charge on any atom is 0.407 e. The predicted octanol–water partition coefficient (Wildman–Crippen LogP) is 5.73. The summed E-state index contributed by atoms with van der Waals surface area (Å²) in [7, 11) is 0. The number of para-hydroxylation sites is 1. The molecule has 3 aromatic rings. The number of nitrogens with one attached hydrogen (secondary N) is 5. The van der Waals surface area contributed by atoms with Crippen LogP contribution >= 0.6 is 0 Å². The van der Waals surface area contributed by atoms with Gasteiger partial charge in [0.15, 0.2) is 0 Å². The largest absolute Gasteiger partial charge is 0.487 e. The Labute approximate surface area is 397 Å². The number of benzene rings is 3. The van der Waals surface area contributed by atoms with Gasteiger partial charge in [-0.3, -0.25) is 29.0 Å². The summed E-state index contributed by atoms with van der Waals surface area (Å²) in [6, 6.07) is 19.3. The van der Waals surface area contributed by atoms with E-state index in [9.17, 15) is 24.0 Å². The predicted molar refractivity (Wildman–Crippen MR) is 260 cm³/mol. The Balaban J connectivity index is 1.63. The highest BCUT2D eigenvalue weighted by Gasteiger charge is 2.25. The lowest BCUT2D eigenvalue weighted by molar-refractivity contribution is 0.0389. The molecule has 368 valence electrons. The van der Waals surface area contributed by atoms with E-state index < -0.39 is 23.5 Å². The second-order valence-electron chi connectivity index (χ2n) is 17.7. The van der Waals surface area contributed by atoms with Crippen molar-refractivity contribution in [3.63, 3.8) is 0 Å². The Morgan fingerprint density at radius 2 is 1.24 bits per heavy atom. The van der Waals surface area contributed by atoms with Crippen LogP contribution in [0.15, 0.2) is 66.7 Å². The number of rotatable bonds is 18. The fourth-order valence-corrected chi connectivity index (χ4v) is 7.59. The van der Waals surface area contributed by atoms with Gasteiger partial charge in [0.2, 0.25) is 0 Å². The van der Waals surface area contributed by atoms with Crippen molar-refractivity contribution in [1.29, 1.82) is 0 Å². The normalized spacial score (nSPS) is 16.5.